The second kappa shape index (κ2) is 15.0. The first-order valence-corrected chi connectivity index (χ1v) is 16.3. The molecule has 39 heavy (non-hydrogen) atoms. The molecule has 0 radical (unpaired) electrons. The summed E-state index contributed by atoms with van der Waals surface area (Å²) in [5.74, 6) is 1.07. The second-order valence-corrected chi connectivity index (χ2v) is 13.4. The van der Waals surface area contributed by atoms with Crippen LogP contribution in [0.2, 0.25) is 0 Å². The molecule has 0 aliphatic heterocycles. The Morgan fingerprint density at radius 2 is 1.54 bits per heavy atom. The molecule has 2 aromatic rings. The molecule has 5 unspecified atom stereocenters. The van der Waals surface area contributed by atoms with Gasteiger partial charge in [0.15, 0.2) is 0 Å². The van der Waals surface area contributed by atoms with Crippen molar-refractivity contribution in [2.24, 2.45) is 23.5 Å². The number of nitrogens with two attached hydrogens (primary N) is 1. The lowest BCUT2D eigenvalue weighted by molar-refractivity contribution is 0.139. The van der Waals surface area contributed by atoms with Crippen LogP contribution in [0.5, 0.6) is 0 Å². The third-order valence-electron chi connectivity index (χ3n) is 10.2. The van der Waals surface area contributed by atoms with Crippen LogP contribution in [0, 0.1) is 29.4 Å². The molecule has 2 saturated carbocycles. The highest BCUT2D eigenvalue weighted by Gasteiger charge is 2.33. The number of hydrogen-bond donors (Lipinski definition) is 3. The largest absolute Gasteiger partial charge is 0.359 e. The highest BCUT2D eigenvalue weighted by atomic mass is 19.1. The molecule has 5 heteroatoms. The average molecular weight is 544 g/mol. The fraction of sp³-hybridized carbons (Fsp3) is 0.765. The molecule has 1 aromatic heterocycles. The van der Waals surface area contributed by atoms with Gasteiger partial charge in [-0.25, -0.2) is 8.78 Å². The number of halogens is 2. The summed E-state index contributed by atoms with van der Waals surface area (Å²) in [4.78, 5) is 3.02. The lowest BCUT2D eigenvalue weighted by Crippen LogP contribution is -2.42. The molecule has 4 N–H and O–H groups in total. The van der Waals surface area contributed by atoms with E-state index in [9.17, 15) is 8.78 Å². The van der Waals surface area contributed by atoms with Gasteiger partial charge in [0.2, 0.25) is 0 Å². The quantitative estimate of drug-likeness (QED) is 0.352. The molecular formula is C34H55F2N3. The predicted molar refractivity (Wildman–Crippen MR) is 161 cm³/mol. The summed E-state index contributed by atoms with van der Waals surface area (Å²) in [5, 5.41) is 4.62. The summed E-state index contributed by atoms with van der Waals surface area (Å²) in [5.41, 5.74) is 8.18. The summed E-state index contributed by atoms with van der Waals surface area (Å²) in [6, 6.07) is 2.90. The van der Waals surface area contributed by atoms with Crippen molar-refractivity contribution < 1.29 is 8.78 Å². The van der Waals surface area contributed by atoms with Crippen molar-refractivity contribution in [3.05, 3.63) is 35.5 Å². The zero-order chi connectivity index (χ0) is 27.7. The molecular weight excluding hydrogens is 488 g/mol. The topological polar surface area (TPSA) is 53.8 Å². The van der Waals surface area contributed by atoms with Gasteiger partial charge in [0.05, 0.1) is 5.52 Å². The van der Waals surface area contributed by atoms with Gasteiger partial charge >= 0.3 is 0 Å². The maximum Gasteiger partial charge on any atom is 0.150 e. The van der Waals surface area contributed by atoms with Crippen molar-refractivity contribution in [2.45, 2.75) is 141 Å². The number of fused-ring (bicyclic) bond motifs is 1. The molecule has 5 atom stereocenters. The van der Waals surface area contributed by atoms with E-state index in [1.165, 1.54) is 102 Å². The summed E-state index contributed by atoms with van der Waals surface area (Å²) in [6.07, 6.45) is 24.9. The van der Waals surface area contributed by atoms with Crippen LogP contribution >= 0.6 is 0 Å². The number of rotatable bonds is 5. The molecule has 2 aliphatic carbocycles. The van der Waals surface area contributed by atoms with Crippen LogP contribution in [0.25, 0.3) is 10.9 Å². The van der Waals surface area contributed by atoms with Crippen molar-refractivity contribution in [3.8, 4) is 0 Å². The van der Waals surface area contributed by atoms with Gasteiger partial charge in [-0.15, -0.1) is 0 Å². The minimum Gasteiger partial charge on any atom is -0.359 e. The fourth-order valence-corrected chi connectivity index (χ4v) is 7.72. The SMILES string of the molecule is CC1C(NCCc2c[nH]c3c(F)cc(F)cc23)CCCCCCCC1C1CCCCCCCCC(C)(N)CC1. The molecule has 0 saturated heterocycles. The fourth-order valence-electron chi connectivity index (χ4n) is 7.72. The molecule has 0 amide bonds. The monoisotopic (exact) mass is 543 g/mol. The maximum atomic E-state index is 14.2. The van der Waals surface area contributed by atoms with Crippen LogP contribution < -0.4 is 11.1 Å². The molecule has 4 rings (SSSR count). The minimum absolute atomic E-state index is 0.0351. The molecule has 1 heterocycles. The van der Waals surface area contributed by atoms with Crippen molar-refractivity contribution in [1.29, 1.82) is 0 Å². The van der Waals surface area contributed by atoms with Gasteiger partial charge in [0.25, 0.3) is 0 Å². The van der Waals surface area contributed by atoms with Gasteiger partial charge in [0, 0.05) is 29.2 Å². The summed E-state index contributed by atoms with van der Waals surface area (Å²) in [7, 11) is 0. The van der Waals surface area contributed by atoms with Gasteiger partial charge in [-0.1, -0.05) is 84.0 Å². The first kappa shape index (κ1) is 30.5. The lowest BCUT2D eigenvalue weighted by Gasteiger charge is -2.39. The van der Waals surface area contributed by atoms with Crippen LogP contribution in [0.1, 0.15) is 129 Å². The third-order valence-corrected chi connectivity index (χ3v) is 10.2. The Hall–Kier alpha value is -1.46. The van der Waals surface area contributed by atoms with E-state index in [1.807, 2.05) is 6.20 Å². The predicted octanol–water partition coefficient (Wildman–Crippen LogP) is 9.19. The van der Waals surface area contributed by atoms with Crippen LogP contribution in [-0.4, -0.2) is 23.1 Å². The van der Waals surface area contributed by atoms with Crippen molar-refractivity contribution in [1.82, 2.24) is 10.3 Å². The Balaban J connectivity index is 1.45. The van der Waals surface area contributed by atoms with E-state index in [4.69, 9.17) is 5.73 Å². The Morgan fingerprint density at radius 3 is 2.31 bits per heavy atom. The van der Waals surface area contributed by atoms with Gasteiger partial charge in [-0.2, -0.15) is 0 Å². The maximum absolute atomic E-state index is 14.2. The van der Waals surface area contributed by atoms with Crippen LogP contribution in [0.15, 0.2) is 18.3 Å². The zero-order valence-corrected chi connectivity index (χ0v) is 24.8. The molecule has 2 aliphatic rings. The van der Waals surface area contributed by atoms with E-state index in [2.05, 4.69) is 24.1 Å². The zero-order valence-electron chi connectivity index (χ0n) is 24.8. The number of H-pyrrole nitrogens is 1. The van der Waals surface area contributed by atoms with Crippen LogP contribution in [0.4, 0.5) is 8.78 Å². The van der Waals surface area contributed by atoms with Crippen molar-refractivity contribution in [2.75, 3.05) is 6.54 Å². The van der Waals surface area contributed by atoms with Crippen molar-refractivity contribution in [3.63, 3.8) is 0 Å². The minimum atomic E-state index is -0.515. The molecule has 220 valence electrons. The first-order valence-electron chi connectivity index (χ1n) is 16.3. The highest BCUT2D eigenvalue weighted by Crippen LogP contribution is 2.39. The Kier molecular flexibility index (Phi) is 11.7. The molecule has 3 nitrogen and oxygen atoms in total. The number of aromatic nitrogens is 1. The van der Waals surface area contributed by atoms with Crippen LogP contribution in [0.3, 0.4) is 0 Å². The van der Waals surface area contributed by atoms with Gasteiger partial charge in [0.1, 0.15) is 11.6 Å². The summed E-state index contributed by atoms with van der Waals surface area (Å²) in [6.45, 7) is 5.63. The number of nitrogens with one attached hydrogen (secondary N) is 2. The van der Waals surface area contributed by atoms with Gasteiger partial charge in [-0.05, 0) is 81.4 Å². The van der Waals surface area contributed by atoms with E-state index in [1.54, 1.807) is 0 Å². The Bertz CT molecular complexity index is 1000. The van der Waals surface area contributed by atoms with Gasteiger partial charge < -0.3 is 16.0 Å². The normalized spacial score (nSPS) is 30.9. The van der Waals surface area contributed by atoms with E-state index in [0.29, 0.717) is 22.9 Å². The second-order valence-electron chi connectivity index (χ2n) is 13.4. The smallest absolute Gasteiger partial charge is 0.150 e. The van der Waals surface area contributed by atoms with E-state index >= 15 is 0 Å². The first-order chi connectivity index (χ1) is 18.8. The average Bonchev–Trinajstić information content (AvgIpc) is 3.30. The van der Waals surface area contributed by atoms with Crippen LogP contribution in [-0.2, 0) is 6.42 Å². The molecule has 0 bridgehead atoms. The van der Waals surface area contributed by atoms with E-state index < -0.39 is 11.6 Å². The third kappa shape index (κ3) is 9.01. The van der Waals surface area contributed by atoms with E-state index in [0.717, 1.165) is 49.3 Å². The Labute approximate surface area is 236 Å². The molecule has 2 fully saturated rings. The summed E-state index contributed by atoms with van der Waals surface area (Å²) >= 11 is 0. The molecule has 0 spiro atoms. The van der Waals surface area contributed by atoms with Crippen molar-refractivity contribution >= 4 is 10.9 Å². The number of aromatic amines is 1. The van der Waals surface area contributed by atoms with Gasteiger partial charge in [-0.3, -0.25) is 0 Å². The number of hydrogen-bond acceptors (Lipinski definition) is 2. The molecule has 1 aromatic carbocycles. The summed E-state index contributed by atoms with van der Waals surface area (Å²) < 4.78 is 28.1. The van der Waals surface area contributed by atoms with E-state index in [-0.39, 0.29) is 5.54 Å². The lowest BCUT2D eigenvalue weighted by atomic mass is 9.70. The number of benzene rings is 1. The Morgan fingerprint density at radius 1 is 0.872 bits per heavy atom. The highest BCUT2D eigenvalue weighted by molar-refractivity contribution is 5.83. The standard InChI is InChI=1S/C34H55F2N3/c1-25-29(26-14-10-6-3-4-9-13-19-34(2,37)20-17-26)15-11-7-5-8-12-16-32(25)38-21-18-27-24-39-33-30(27)22-28(35)23-31(33)36/h22-26,29,32,38-39H,3-21,37H2,1-2H3.